The Balaban J connectivity index is 1.41. The first-order chi connectivity index (χ1) is 19.1. The molecule has 9 nitrogen and oxygen atoms in total. The maximum absolute atomic E-state index is 12.5. The lowest BCUT2D eigenvalue weighted by molar-refractivity contribution is -0.115. The molecule has 3 aromatic carbocycles. The highest BCUT2D eigenvalue weighted by Gasteiger charge is 2.20. The molecule has 0 aliphatic carbocycles. The number of nitriles is 1. The van der Waals surface area contributed by atoms with Crippen molar-refractivity contribution < 1.29 is 18.0 Å². The van der Waals surface area contributed by atoms with E-state index in [9.17, 15) is 23.3 Å². The molecule has 0 saturated carbocycles. The number of thiazole rings is 1. The molecule has 0 aliphatic heterocycles. The highest BCUT2D eigenvalue weighted by atomic mass is 32.2. The molecular formula is C29H23N5O4S2. The molecule has 0 saturated heterocycles. The molecule has 4 aromatic rings. The lowest BCUT2D eigenvalue weighted by Gasteiger charge is -2.10. The van der Waals surface area contributed by atoms with Gasteiger partial charge in [-0.1, -0.05) is 24.3 Å². The minimum Gasteiger partial charge on any atom is -0.343 e. The van der Waals surface area contributed by atoms with E-state index in [0.29, 0.717) is 22.1 Å². The summed E-state index contributed by atoms with van der Waals surface area (Å²) in [5.74, 6) is -1.07. The van der Waals surface area contributed by atoms with Gasteiger partial charge in [-0.15, -0.1) is 11.3 Å². The molecule has 0 spiro atoms. The van der Waals surface area contributed by atoms with Crippen LogP contribution < -0.4 is 10.6 Å². The number of hydrogen-bond acceptors (Lipinski definition) is 7. The number of carbonyl (C=O) groups excluding carboxylic acids is 2. The largest absolute Gasteiger partial charge is 0.343 e. The summed E-state index contributed by atoms with van der Waals surface area (Å²) < 4.78 is 24.8. The number of aromatic nitrogens is 1. The number of sulfone groups is 1. The fourth-order valence-corrected chi connectivity index (χ4v) is 5.58. The van der Waals surface area contributed by atoms with Crippen molar-refractivity contribution in [3.05, 3.63) is 94.7 Å². The maximum atomic E-state index is 12.5. The smallest absolute Gasteiger partial charge is 0.251 e. The van der Waals surface area contributed by atoms with Gasteiger partial charge >= 0.3 is 0 Å². The Bertz CT molecular complexity index is 1770. The molecule has 200 valence electrons. The molecule has 0 atom stereocenters. The molecule has 4 rings (SSSR count). The van der Waals surface area contributed by atoms with Gasteiger partial charge in [0.05, 0.1) is 35.0 Å². The van der Waals surface area contributed by atoms with Crippen LogP contribution in [0.1, 0.15) is 29.8 Å². The van der Waals surface area contributed by atoms with Crippen LogP contribution in [0.5, 0.6) is 0 Å². The predicted molar refractivity (Wildman–Crippen MR) is 154 cm³/mol. The Morgan fingerprint density at radius 3 is 2.52 bits per heavy atom. The summed E-state index contributed by atoms with van der Waals surface area (Å²) in [7, 11) is -3.54. The van der Waals surface area contributed by atoms with E-state index in [4.69, 9.17) is 6.57 Å². The molecule has 0 radical (unpaired) electrons. The summed E-state index contributed by atoms with van der Waals surface area (Å²) in [6.45, 7) is 10.1. The highest BCUT2D eigenvalue weighted by molar-refractivity contribution is 7.92. The van der Waals surface area contributed by atoms with Gasteiger partial charge in [-0.05, 0) is 67.4 Å². The second-order valence-corrected chi connectivity index (χ2v) is 12.3. The van der Waals surface area contributed by atoms with E-state index in [2.05, 4.69) is 26.5 Å². The molecule has 1 heterocycles. The molecular weight excluding hydrogens is 546 g/mol. The van der Waals surface area contributed by atoms with Crippen LogP contribution in [0.15, 0.2) is 77.0 Å². The van der Waals surface area contributed by atoms with E-state index in [1.807, 2.05) is 24.3 Å². The fourth-order valence-electron chi connectivity index (χ4n) is 3.74. The quantitative estimate of drug-likeness (QED) is 0.271. The van der Waals surface area contributed by atoms with Gasteiger partial charge in [-0.25, -0.2) is 18.2 Å². The van der Waals surface area contributed by atoms with Crippen molar-refractivity contribution in [2.45, 2.75) is 24.0 Å². The van der Waals surface area contributed by atoms with E-state index < -0.39 is 26.9 Å². The van der Waals surface area contributed by atoms with Gasteiger partial charge < -0.3 is 10.6 Å². The van der Waals surface area contributed by atoms with Crippen LogP contribution >= 0.6 is 11.3 Å². The summed E-state index contributed by atoms with van der Waals surface area (Å²) >= 11 is 1.22. The molecule has 1 aromatic heterocycles. The zero-order valence-electron chi connectivity index (χ0n) is 21.5. The Morgan fingerprint density at radius 1 is 1.05 bits per heavy atom. The first-order valence-corrected chi connectivity index (χ1v) is 14.4. The highest BCUT2D eigenvalue weighted by Crippen LogP contribution is 2.31. The Kier molecular flexibility index (Phi) is 8.39. The van der Waals surface area contributed by atoms with Gasteiger partial charge in [-0.2, -0.15) is 5.26 Å². The van der Waals surface area contributed by atoms with Crippen LogP contribution in [-0.4, -0.2) is 37.0 Å². The second-order valence-electron chi connectivity index (χ2n) is 8.96. The van der Waals surface area contributed by atoms with Gasteiger partial charge in [-0.3, -0.25) is 9.59 Å². The third-order valence-electron chi connectivity index (χ3n) is 5.87. The normalized spacial score (nSPS) is 10.9. The fraction of sp³-hybridized carbons (Fsp3) is 0.138. The zero-order chi connectivity index (χ0) is 28.9. The first-order valence-electron chi connectivity index (χ1n) is 12.0. The SMILES string of the molecule is [C-]#[N+]c1cc(C#N)cc(-c2cccc(-c3csc(NC(=O)CNC(=O)c4cccc(S(=O)(=O)C(C)C)c4)n3)c2)c1. The minimum absolute atomic E-state index is 0.0450. The molecule has 0 unspecified atom stereocenters. The van der Waals surface area contributed by atoms with Crippen molar-refractivity contribution in [3.63, 3.8) is 0 Å². The second kappa shape index (κ2) is 11.9. The van der Waals surface area contributed by atoms with Gasteiger partial charge in [0.1, 0.15) is 0 Å². The van der Waals surface area contributed by atoms with Crippen LogP contribution in [0, 0.1) is 17.9 Å². The van der Waals surface area contributed by atoms with Crippen LogP contribution in [0.2, 0.25) is 0 Å². The first kappa shape index (κ1) is 28.2. The molecule has 2 amide bonds. The number of rotatable bonds is 8. The molecule has 0 aliphatic rings. The summed E-state index contributed by atoms with van der Waals surface area (Å²) in [6, 6.07) is 20.2. The predicted octanol–water partition coefficient (Wildman–Crippen LogP) is 5.45. The average molecular weight is 570 g/mol. The van der Waals surface area contributed by atoms with Gasteiger partial charge in [0.15, 0.2) is 20.7 Å². The van der Waals surface area contributed by atoms with Crippen molar-refractivity contribution in [2.75, 3.05) is 11.9 Å². The standard InChI is InChI=1S/C29H23N5O4S2/c1-18(2)40(37,38)25-9-5-8-22(14-25)28(36)32-16-27(35)34-29-33-26(17-39-29)21-7-4-6-20(12-21)23-10-19(15-30)11-24(13-23)31-3/h4-14,17-18H,16H2,1-2H3,(H,32,36)(H,33,34,35). The number of hydrogen-bond donors (Lipinski definition) is 2. The number of anilines is 1. The monoisotopic (exact) mass is 569 g/mol. The molecule has 40 heavy (non-hydrogen) atoms. The summed E-state index contributed by atoms with van der Waals surface area (Å²) in [5, 5.41) is 15.9. The van der Waals surface area contributed by atoms with Gasteiger partial charge in [0.2, 0.25) is 5.91 Å². The number of amides is 2. The number of benzene rings is 3. The molecule has 2 N–H and O–H groups in total. The summed E-state index contributed by atoms with van der Waals surface area (Å²) in [6.07, 6.45) is 0. The Hall–Kier alpha value is -4.84. The van der Waals surface area contributed by atoms with Gasteiger partial charge in [0, 0.05) is 22.1 Å². The number of nitrogens with one attached hydrogen (secondary N) is 2. The van der Waals surface area contributed by atoms with Crippen molar-refractivity contribution in [2.24, 2.45) is 0 Å². The van der Waals surface area contributed by atoms with Crippen LogP contribution in [0.3, 0.4) is 0 Å². The third kappa shape index (κ3) is 6.41. The maximum Gasteiger partial charge on any atom is 0.251 e. The molecule has 11 heteroatoms. The number of nitrogens with zero attached hydrogens (tertiary/aromatic N) is 3. The van der Waals surface area contributed by atoms with Crippen LogP contribution in [0.25, 0.3) is 27.2 Å². The number of carbonyl (C=O) groups is 2. The van der Waals surface area contributed by atoms with E-state index in [-0.39, 0.29) is 17.0 Å². The topological polar surface area (TPSA) is 133 Å². The molecule has 0 bridgehead atoms. The van der Waals surface area contributed by atoms with E-state index >= 15 is 0 Å². The Labute approximate surface area is 235 Å². The van der Waals surface area contributed by atoms with Crippen molar-refractivity contribution in [1.29, 1.82) is 5.26 Å². The average Bonchev–Trinajstić information content (AvgIpc) is 3.44. The van der Waals surface area contributed by atoms with Crippen molar-refractivity contribution >= 4 is 43.8 Å². The Morgan fingerprint density at radius 2 is 1.80 bits per heavy atom. The van der Waals surface area contributed by atoms with Crippen LogP contribution in [-0.2, 0) is 14.6 Å². The van der Waals surface area contributed by atoms with Gasteiger partial charge in [0.25, 0.3) is 5.91 Å². The third-order valence-corrected chi connectivity index (χ3v) is 8.78. The zero-order valence-corrected chi connectivity index (χ0v) is 23.1. The van der Waals surface area contributed by atoms with Crippen molar-refractivity contribution in [1.82, 2.24) is 10.3 Å². The van der Waals surface area contributed by atoms with E-state index in [1.54, 1.807) is 31.4 Å². The van der Waals surface area contributed by atoms with Crippen molar-refractivity contribution in [3.8, 4) is 28.5 Å². The van der Waals surface area contributed by atoms with E-state index in [1.165, 1.54) is 41.7 Å². The van der Waals surface area contributed by atoms with E-state index in [0.717, 1.165) is 16.7 Å². The van der Waals surface area contributed by atoms with Crippen LogP contribution in [0.4, 0.5) is 10.8 Å². The minimum atomic E-state index is -3.54. The summed E-state index contributed by atoms with van der Waals surface area (Å²) in [5.41, 5.74) is 3.85. The summed E-state index contributed by atoms with van der Waals surface area (Å²) in [4.78, 5) is 33.0. The lowest BCUT2D eigenvalue weighted by atomic mass is 10.00. The lowest BCUT2D eigenvalue weighted by Crippen LogP contribution is -2.33. The molecule has 0 fully saturated rings.